The summed E-state index contributed by atoms with van der Waals surface area (Å²) in [5, 5.41) is 3.88. The van der Waals surface area contributed by atoms with Gasteiger partial charge in [0.25, 0.3) is 0 Å². The number of hydrogen-bond donors (Lipinski definition) is 2. The first-order valence-corrected chi connectivity index (χ1v) is 5.38. The summed E-state index contributed by atoms with van der Waals surface area (Å²) in [6.07, 6.45) is 1.60. The van der Waals surface area contributed by atoms with Crippen molar-refractivity contribution in [1.29, 1.82) is 0 Å². The number of nitrogens with zero attached hydrogens (tertiary/aromatic N) is 1. The number of rotatable bonds is 4. The molecule has 0 bridgehead atoms. The lowest BCUT2D eigenvalue weighted by molar-refractivity contribution is -0.113. The predicted octanol–water partition coefficient (Wildman–Crippen LogP) is 1.59. The number of nitrogens with one attached hydrogen (secondary N) is 1. The topological polar surface area (TPSA) is 84.6 Å². The summed E-state index contributed by atoms with van der Waals surface area (Å²) < 4.78 is 0. The minimum Gasteiger partial charge on any atom is -0.350 e. The van der Waals surface area contributed by atoms with Gasteiger partial charge in [-0.15, -0.1) is 0 Å². The monoisotopic (exact) mass is 245 g/mol. The summed E-state index contributed by atoms with van der Waals surface area (Å²) in [5.41, 5.74) is 8.93. The Morgan fingerprint density at radius 3 is 2.33 bits per heavy atom. The molecule has 0 radical (unpaired) electrons. The van der Waals surface area contributed by atoms with Crippen LogP contribution < -0.4 is 11.2 Å². The van der Waals surface area contributed by atoms with Crippen LogP contribution in [0.1, 0.15) is 19.4 Å². The molecule has 0 fully saturated rings. The summed E-state index contributed by atoms with van der Waals surface area (Å²) in [5.74, 6) is -0.0577. The summed E-state index contributed by atoms with van der Waals surface area (Å²) in [7, 11) is 0. The Balaban J connectivity index is 3.11. The molecule has 94 valence electrons. The van der Waals surface area contributed by atoms with Gasteiger partial charge in [-0.05, 0) is 25.5 Å². The molecule has 0 aliphatic rings. The standard InChI is InChI=1S/C13H15N3O2/c1-9(10(2)17)8-12(15-16-13(14)18)11-6-4-3-5-7-11/h3-8H,1-2H3,(H3,14,16,18)/b9-8-,15-12+. The van der Waals surface area contributed by atoms with Crippen molar-refractivity contribution in [2.45, 2.75) is 13.8 Å². The van der Waals surface area contributed by atoms with Crippen molar-refractivity contribution in [2.75, 3.05) is 0 Å². The zero-order chi connectivity index (χ0) is 13.5. The first-order chi connectivity index (χ1) is 8.50. The highest BCUT2D eigenvalue weighted by Gasteiger charge is 2.04. The quantitative estimate of drug-likeness (QED) is 0.479. The van der Waals surface area contributed by atoms with Crippen LogP contribution in [0.5, 0.6) is 0 Å². The molecule has 0 atom stereocenters. The maximum absolute atomic E-state index is 11.2. The number of carbonyl (C=O) groups excluding carboxylic acids is 2. The van der Waals surface area contributed by atoms with Crippen LogP contribution in [0.15, 0.2) is 47.1 Å². The molecular weight excluding hydrogens is 230 g/mol. The molecule has 0 saturated carbocycles. The van der Waals surface area contributed by atoms with E-state index in [1.165, 1.54) is 6.92 Å². The van der Waals surface area contributed by atoms with Crippen molar-refractivity contribution in [3.05, 3.63) is 47.5 Å². The van der Waals surface area contributed by atoms with E-state index in [-0.39, 0.29) is 5.78 Å². The van der Waals surface area contributed by atoms with Gasteiger partial charge in [0, 0.05) is 5.56 Å². The minimum absolute atomic E-state index is 0.0577. The molecule has 2 amide bonds. The van der Waals surface area contributed by atoms with Gasteiger partial charge in [0.05, 0.1) is 5.71 Å². The number of allylic oxidation sites excluding steroid dienone is 2. The fourth-order valence-electron chi connectivity index (χ4n) is 1.21. The Kier molecular flexibility index (Phi) is 4.80. The fraction of sp³-hybridized carbons (Fsp3) is 0.154. The molecule has 0 aromatic heterocycles. The van der Waals surface area contributed by atoms with E-state index in [4.69, 9.17) is 5.73 Å². The number of hydrogen-bond acceptors (Lipinski definition) is 3. The van der Waals surface area contributed by atoms with Crippen molar-refractivity contribution < 1.29 is 9.59 Å². The highest BCUT2D eigenvalue weighted by molar-refractivity contribution is 6.12. The second kappa shape index (κ2) is 6.34. The molecule has 1 aromatic rings. The second-order valence-electron chi connectivity index (χ2n) is 3.72. The highest BCUT2D eigenvalue weighted by Crippen LogP contribution is 2.05. The van der Waals surface area contributed by atoms with Crippen LogP contribution in [0.3, 0.4) is 0 Å². The third kappa shape index (κ3) is 4.21. The molecule has 5 nitrogen and oxygen atoms in total. The Morgan fingerprint density at radius 1 is 1.22 bits per heavy atom. The predicted molar refractivity (Wildman–Crippen MR) is 70.1 cm³/mol. The molecule has 0 saturated heterocycles. The summed E-state index contributed by atoms with van der Waals surface area (Å²) >= 11 is 0. The molecule has 0 aliphatic carbocycles. The van der Waals surface area contributed by atoms with E-state index in [0.717, 1.165) is 5.56 Å². The van der Waals surface area contributed by atoms with Crippen LogP contribution in [-0.4, -0.2) is 17.5 Å². The Labute approximate surface area is 105 Å². The Morgan fingerprint density at radius 2 is 1.83 bits per heavy atom. The number of nitrogens with two attached hydrogens (primary N) is 1. The van der Waals surface area contributed by atoms with Crippen LogP contribution >= 0.6 is 0 Å². The number of urea groups is 1. The molecule has 3 N–H and O–H groups in total. The van der Waals surface area contributed by atoms with E-state index in [0.29, 0.717) is 11.3 Å². The van der Waals surface area contributed by atoms with Gasteiger partial charge < -0.3 is 5.73 Å². The third-order valence-corrected chi connectivity index (χ3v) is 2.26. The maximum Gasteiger partial charge on any atom is 0.332 e. The van der Waals surface area contributed by atoms with Gasteiger partial charge in [-0.1, -0.05) is 30.3 Å². The normalized spacial score (nSPS) is 12.1. The first-order valence-electron chi connectivity index (χ1n) is 5.38. The van der Waals surface area contributed by atoms with Gasteiger partial charge in [-0.2, -0.15) is 5.10 Å². The number of primary amides is 1. The van der Waals surface area contributed by atoms with E-state index in [1.807, 2.05) is 30.3 Å². The van der Waals surface area contributed by atoms with Crippen LogP contribution in [0.25, 0.3) is 0 Å². The lowest BCUT2D eigenvalue weighted by atomic mass is 10.1. The van der Waals surface area contributed by atoms with E-state index in [2.05, 4.69) is 10.5 Å². The average molecular weight is 245 g/mol. The first kappa shape index (κ1) is 13.6. The average Bonchev–Trinajstić information content (AvgIpc) is 2.34. The van der Waals surface area contributed by atoms with E-state index in [9.17, 15) is 9.59 Å². The van der Waals surface area contributed by atoms with Crippen molar-refractivity contribution in [1.82, 2.24) is 5.43 Å². The number of ketones is 1. The van der Waals surface area contributed by atoms with Crippen molar-refractivity contribution >= 4 is 17.5 Å². The zero-order valence-electron chi connectivity index (χ0n) is 10.3. The summed E-state index contributed by atoms with van der Waals surface area (Å²) in [6, 6.07) is 8.44. The summed E-state index contributed by atoms with van der Waals surface area (Å²) in [4.78, 5) is 21.9. The molecular formula is C13H15N3O2. The van der Waals surface area contributed by atoms with Crippen LogP contribution in [-0.2, 0) is 4.79 Å². The van der Waals surface area contributed by atoms with Gasteiger partial charge in [0.2, 0.25) is 0 Å². The second-order valence-corrected chi connectivity index (χ2v) is 3.72. The molecule has 5 heteroatoms. The minimum atomic E-state index is -0.752. The smallest absolute Gasteiger partial charge is 0.332 e. The molecule has 0 heterocycles. The SMILES string of the molecule is CC(=O)/C(C)=C\C(=N/NC(N)=O)c1ccccc1. The number of Topliss-reactive ketones (excluding diaryl/α,β-unsaturated/α-hetero) is 1. The van der Waals surface area contributed by atoms with Crippen molar-refractivity contribution in [3.63, 3.8) is 0 Å². The molecule has 1 rings (SSSR count). The van der Waals surface area contributed by atoms with Gasteiger partial charge in [-0.25, -0.2) is 10.2 Å². The number of hydrazone groups is 1. The number of amides is 2. The lowest BCUT2D eigenvalue weighted by Gasteiger charge is -2.03. The van der Waals surface area contributed by atoms with Gasteiger partial charge in [-0.3, -0.25) is 4.79 Å². The molecule has 0 spiro atoms. The highest BCUT2D eigenvalue weighted by atomic mass is 16.2. The Bertz CT molecular complexity index is 504. The number of benzene rings is 1. The van der Waals surface area contributed by atoms with Crippen LogP contribution in [0, 0.1) is 0 Å². The van der Waals surface area contributed by atoms with Crippen LogP contribution in [0.2, 0.25) is 0 Å². The molecule has 0 unspecified atom stereocenters. The number of carbonyl (C=O) groups is 2. The molecule has 18 heavy (non-hydrogen) atoms. The van der Waals surface area contributed by atoms with E-state index in [1.54, 1.807) is 13.0 Å². The van der Waals surface area contributed by atoms with Gasteiger partial charge >= 0.3 is 6.03 Å². The molecule has 0 aliphatic heterocycles. The Hall–Kier alpha value is -2.43. The zero-order valence-corrected chi connectivity index (χ0v) is 10.3. The van der Waals surface area contributed by atoms with Crippen molar-refractivity contribution in [2.24, 2.45) is 10.8 Å². The van der Waals surface area contributed by atoms with Crippen molar-refractivity contribution in [3.8, 4) is 0 Å². The van der Waals surface area contributed by atoms with Gasteiger partial charge in [0.1, 0.15) is 0 Å². The lowest BCUT2D eigenvalue weighted by Crippen LogP contribution is -2.25. The largest absolute Gasteiger partial charge is 0.350 e. The molecule has 1 aromatic carbocycles. The van der Waals surface area contributed by atoms with Gasteiger partial charge in [0.15, 0.2) is 5.78 Å². The summed E-state index contributed by atoms with van der Waals surface area (Å²) in [6.45, 7) is 3.15. The maximum atomic E-state index is 11.2. The third-order valence-electron chi connectivity index (χ3n) is 2.26. The van der Waals surface area contributed by atoms with Crippen LogP contribution in [0.4, 0.5) is 4.79 Å². The fourth-order valence-corrected chi connectivity index (χ4v) is 1.21. The van der Waals surface area contributed by atoms with E-state index < -0.39 is 6.03 Å². The van der Waals surface area contributed by atoms with E-state index >= 15 is 0 Å².